The molecule has 0 unspecified atom stereocenters. The van der Waals surface area contributed by atoms with Crippen molar-refractivity contribution in [2.24, 2.45) is 0 Å². The lowest BCUT2D eigenvalue weighted by atomic mass is 10.1. The third-order valence-electron chi connectivity index (χ3n) is 3.91. The normalized spacial score (nSPS) is 11.2. The van der Waals surface area contributed by atoms with Crippen molar-refractivity contribution in [2.45, 2.75) is 0 Å². The number of H-pyrrole nitrogens is 1. The lowest BCUT2D eigenvalue weighted by molar-refractivity contribution is 0.416. The molecular weight excluding hydrogens is 312 g/mol. The van der Waals surface area contributed by atoms with Crippen LogP contribution in [0.15, 0.2) is 61.1 Å². The highest BCUT2D eigenvalue weighted by atomic mass is 16.5. The Balaban J connectivity index is 1.74. The van der Waals surface area contributed by atoms with Gasteiger partial charge in [-0.3, -0.25) is 4.98 Å². The number of methoxy groups -OCH3 is 1. The van der Waals surface area contributed by atoms with E-state index in [1.807, 2.05) is 48.5 Å². The quantitative estimate of drug-likeness (QED) is 0.610. The van der Waals surface area contributed by atoms with Gasteiger partial charge in [0.15, 0.2) is 5.65 Å². The van der Waals surface area contributed by atoms with Crippen molar-refractivity contribution in [1.29, 1.82) is 0 Å². The summed E-state index contributed by atoms with van der Waals surface area (Å²) in [6, 6.07) is 13.8. The maximum atomic E-state index is 5.50. The maximum Gasteiger partial charge on any atom is 0.178 e. The summed E-state index contributed by atoms with van der Waals surface area (Å²) >= 11 is 0. The standard InChI is InChI=1S/C20H16N4O/c1-25-18-7-6-15(5-4-14-8-11-21-12-9-14)13-16(18)19-23-17-3-2-10-22-20(17)24-19/h2-13H,1H3,(H,22,23,24). The molecule has 0 atom stereocenters. The molecule has 4 aromatic rings. The summed E-state index contributed by atoms with van der Waals surface area (Å²) in [6.45, 7) is 0. The summed E-state index contributed by atoms with van der Waals surface area (Å²) in [5.74, 6) is 1.50. The van der Waals surface area contributed by atoms with Gasteiger partial charge in [0, 0.05) is 18.6 Å². The molecule has 0 radical (unpaired) electrons. The second kappa shape index (κ2) is 6.57. The van der Waals surface area contributed by atoms with E-state index >= 15 is 0 Å². The minimum atomic E-state index is 0.692. The number of imidazole rings is 1. The van der Waals surface area contributed by atoms with Crippen molar-refractivity contribution < 1.29 is 4.74 Å². The van der Waals surface area contributed by atoms with E-state index in [0.717, 1.165) is 33.8 Å². The van der Waals surface area contributed by atoms with Gasteiger partial charge in [-0.15, -0.1) is 0 Å². The number of hydrogen-bond acceptors (Lipinski definition) is 4. The lowest BCUT2D eigenvalue weighted by Gasteiger charge is -2.07. The van der Waals surface area contributed by atoms with Gasteiger partial charge >= 0.3 is 0 Å². The summed E-state index contributed by atoms with van der Waals surface area (Å²) in [6.07, 6.45) is 9.39. The molecule has 0 saturated carbocycles. The first-order chi connectivity index (χ1) is 12.3. The third-order valence-corrected chi connectivity index (χ3v) is 3.91. The van der Waals surface area contributed by atoms with Gasteiger partial charge in [-0.05, 0) is 47.5 Å². The van der Waals surface area contributed by atoms with E-state index in [9.17, 15) is 0 Å². The van der Waals surface area contributed by atoms with E-state index in [4.69, 9.17) is 4.74 Å². The van der Waals surface area contributed by atoms with E-state index in [0.29, 0.717) is 5.65 Å². The highest BCUT2D eigenvalue weighted by molar-refractivity contribution is 5.79. The first-order valence-electron chi connectivity index (χ1n) is 7.91. The van der Waals surface area contributed by atoms with Crippen LogP contribution in [-0.4, -0.2) is 27.0 Å². The zero-order valence-corrected chi connectivity index (χ0v) is 13.7. The summed E-state index contributed by atoms with van der Waals surface area (Å²) in [5, 5.41) is 0. The maximum absolute atomic E-state index is 5.50. The Labute approximate surface area is 145 Å². The van der Waals surface area contributed by atoms with Crippen LogP contribution in [-0.2, 0) is 0 Å². The number of benzene rings is 1. The summed E-state index contributed by atoms with van der Waals surface area (Å²) in [7, 11) is 1.66. The molecule has 3 heterocycles. The summed E-state index contributed by atoms with van der Waals surface area (Å²) in [5.41, 5.74) is 4.65. The Kier molecular flexibility index (Phi) is 3.96. The Morgan fingerprint density at radius 2 is 1.80 bits per heavy atom. The van der Waals surface area contributed by atoms with Crippen LogP contribution in [0.1, 0.15) is 11.1 Å². The van der Waals surface area contributed by atoms with Crippen molar-refractivity contribution in [1.82, 2.24) is 19.9 Å². The van der Waals surface area contributed by atoms with Crippen LogP contribution in [0.4, 0.5) is 0 Å². The SMILES string of the molecule is COc1ccc(C=Cc2ccncc2)cc1-c1nc2ncccc2[nH]1. The zero-order valence-electron chi connectivity index (χ0n) is 13.7. The van der Waals surface area contributed by atoms with Crippen LogP contribution < -0.4 is 4.74 Å². The predicted octanol–water partition coefficient (Wildman–Crippen LogP) is 4.20. The van der Waals surface area contributed by atoms with Crippen molar-refractivity contribution in [2.75, 3.05) is 7.11 Å². The predicted molar refractivity (Wildman–Crippen MR) is 99.0 cm³/mol. The molecule has 1 aromatic carbocycles. The van der Waals surface area contributed by atoms with Crippen molar-refractivity contribution >= 4 is 23.3 Å². The molecule has 3 aromatic heterocycles. The minimum absolute atomic E-state index is 0.692. The summed E-state index contributed by atoms with van der Waals surface area (Å²) < 4.78 is 5.50. The molecule has 5 heteroatoms. The van der Waals surface area contributed by atoms with Gasteiger partial charge in [0.25, 0.3) is 0 Å². The first-order valence-corrected chi connectivity index (χ1v) is 7.91. The fourth-order valence-corrected chi connectivity index (χ4v) is 2.65. The molecule has 5 nitrogen and oxygen atoms in total. The number of aromatic nitrogens is 4. The monoisotopic (exact) mass is 328 g/mol. The van der Waals surface area contributed by atoms with Gasteiger partial charge < -0.3 is 9.72 Å². The van der Waals surface area contributed by atoms with Gasteiger partial charge in [0.05, 0.1) is 18.2 Å². The second-order valence-corrected chi connectivity index (χ2v) is 5.53. The number of pyridine rings is 2. The fraction of sp³-hybridized carbons (Fsp3) is 0.0500. The number of hydrogen-bond donors (Lipinski definition) is 1. The molecule has 4 rings (SSSR count). The highest BCUT2D eigenvalue weighted by Crippen LogP contribution is 2.30. The average molecular weight is 328 g/mol. The zero-order chi connectivity index (χ0) is 17.1. The van der Waals surface area contributed by atoms with Crippen molar-refractivity contribution in [3.05, 3.63) is 72.2 Å². The molecule has 0 saturated heterocycles. The molecule has 0 bridgehead atoms. The Bertz CT molecular complexity index is 1000. The van der Waals surface area contributed by atoms with Gasteiger partial charge in [0.2, 0.25) is 0 Å². The van der Waals surface area contributed by atoms with Crippen LogP contribution >= 0.6 is 0 Å². The van der Waals surface area contributed by atoms with Crippen LogP contribution in [0.5, 0.6) is 5.75 Å². The summed E-state index contributed by atoms with van der Waals surface area (Å²) in [4.78, 5) is 16.2. The molecule has 122 valence electrons. The van der Waals surface area contributed by atoms with Gasteiger partial charge in [-0.1, -0.05) is 18.2 Å². The van der Waals surface area contributed by atoms with E-state index in [1.165, 1.54) is 0 Å². The Morgan fingerprint density at radius 1 is 0.960 bits per heavy atom. The number of aromatic amines is 1. The van der Waals surface area contributed by atoms with Crippen LogP contribution in [0.25, 0.3) is 34.7 Å². The van der Waals surface area contributed by atoms with Crippen molar-refractivity contribution in [3.8, 4) is 17.1 Å². The van der Waals surface area contributed by atoms with Gasteiger partial charge in [-0.25, -0.2) is 9.97 Å². The first kappa shape index (κ1) is 15.1. The molecule has 0 spiro atoms. The third kappa shape index (κ3) is 3.12. The van der Waals surface area contributed by atoms with Crippen LogP contribution in [0, 0.1) is 0 Å². The number of ether oxygens (including phenoxy) is 1. The molecule has 0 aliphatic carbocycles. The molecule has 25 heavy (non-hydrogen) atoms. The Hall–Kier alpha value is -3.47. The van der Waals surface area contributed by atoms with Crippen molar-refractivity contribution in [3.63, 3.8) is 0 Å². The smallest absolute Gasteiger partial charge is 0.178 e. The number of rotatable bonds is 4. The molecule has 0 aliphatic heterocycles. The van der Waals surface area contributed by atoms with Crippen LogP contribution in [0.3, 0.4) is 0 Å². The molecule has 1 N–H and O–H groups in total. The minimum Gasteiger partial charge on any atom is -0.496 e. The van der Waals surface area contributed by atoms with Crippen LogP contribution in [0.2, 0.25) is 0 Å². The molecule has 0 amide bonds. The van der Waals surface area contributed by atoms with Gasteiger partial charge in [0.1, 0.15) is 11.6 Å². The highest BCUT2D eigenvalue weighted by Gasteiger charge is 2.11. The number of fused-ring (bicyclic) bond motifs is 1. The number of nitrogens with zero attached hydrogens (tertiary/aromatic N) is 3. The van der Waals surface area contributed by atoms with Gasteiger partial charge in [-0.2, -0.15) is 0 Å². The van der Waals surface area contributed by atoms with E-state index < -0.39 is 0 Å². The largest absolute Gasteiger partial charge is 0.496 e. The average Bonchev–Trinajstić information content (AvgIpc) is 3.11. The topological polar surface area (TPSA) is 63.7 Å². The van der Waals surface area contributed by atoms with E-state index in [1.54, 1.807) is 25.7 Å². The number of nitrogens with one attached hydrogen (secondary N) is 1. The van der Waals surface area contributed by atoms with E-state index in [2.05, 4.69) is 26.0 Å². The van der Waals surface area contributed by atoms with E-state index in [-0.39, 0.29) is 0 Å². The lowest BCUT2D eigenvalue weighted by Crippen LogP contribution is -1.90. The molecule has 0 aliphatic rings. The second-order valence-electron chi connectivity index (χ2n) is 5.53. The molecule has 0 fully saturated rings. The Morgan fingerprint density at radius 3 is 2.60 bits per heavy atom. The molecular formula is C20H16N4O. The fourth-order valence-electron chi connectivity index (χ4n) is 2.65.